The number of carbonyl (C=O) groups excluding carboxylic acids is 1. The first-order valence-corrected chi connectivity index (χ1v) is 10.5. The van der Waals surface area contributed by atoms with E-state index < -0.39 is 12.0 Å². The molecule has 0 radical (unpaired) electrons. The highest BCUT2D eigenvalue weighted by Gasteiger charge is 2.35. The largest absolute Gasteiger partial charge is 0.496 e. The van der Waals surface area contributed by atoms with Crippen LogP contribution in [0.4, 0.5) is 0 Å². The lowest BCUT2D eigenvalue weighted by Crippen LogP contribution is -2.40. The summed E-state index contributed by atoms with van der Waals surface area (Å²) in [6, 6.07) is 7.86. The maximum Gasteiger partial charge on any atom is 0.338 e. The zero-order chi connectivity index (χ0) is 22.3. The Hall–Kier alpha value is -3.10. The maximum absolute atomic E-state index is 13.4. The molecule has 0 aliphatic carbocycles. The van der Waals surface area contributed by atoms with E-state index in [4.69, 9.17) is 25.5 Å². The molecule has 2 aromatic heterocycles. The van der Waals surface area contributed by atoms with Gasteiger partial charge in [0.05, 0.1) is 30.0 Å². The molecule has 0 unspecified atom stereocenters. The van der Waals surface area contributed by atoms with Gasteiger partial charge in [0, 0.05) is 16.7 Å². The topological polar surface area (TPSA) is 83.0 Å². The van der Waals surface area contributed by atoms with Gasteiger partial charge in [-0.3, -0.25) is 9.36 Å². The van der Waals surface area contributed by atoms with Crippen molar-refractivity contribution in [1.29, 1.82) is 0 Å². The van der Waals surface area contributed by atoms with Crippen LogP contribution in [0.1, 0.15) is 30.0 Å². The van der Waals surface area contributed by atoms with E-state index in [1.807, 2.05) is 13.0 Å². The summed E-state index contributed by atoms with van der Waals surface area (Å²) in [7, 11) is 2.81. The number of thiazole rings is 1. The summed E-state index contributed by atoms with van der Waals surface area (Å²) in [5.74, 6) is 1.21. The average molecular weight is 459 g/mol. The number of nitrogens with zero attached hydrogens (tertiary/aromatic N) is 2. The van der Waals surface area contributed by atoms with Gasteiger partial charge in [-0.2, -0.15) is 0 Å². The van der Waals surface area contributed by atoms with Gasteiger partial charge in [0.1, 0.15) is 23.3 Å². The molecule has 0 amide bonds. The molecule has 0 N–H and O–H groups in total. The lowest BCUT2D eigenvalue weighted by atomic mass is 9.95. The van der Waals surface area contributed by atoms with E-state index in [-0.39, 0.29) is 11.1 Å². The first-order chi connectivity index (χ1) is 14.8. The van der Waals surface area contributed by atoms with Crippen LogP contribution in [0, 0.1) is 6.92 Å². The smallest absolute Gasteiger partial charge is 0.338 e. The van der Waals surface area contributed by atoms with Crippen LogP contribution < -0.4 is 19.6 Å². The highest BCUT2D eigenvalue weighted by atomic mass is 35.5. The van der Waals surface area contributed by atoms with Gasteiger partial charge in [-0.1, -0.05) is 22.9 Å². The van der Waals surface area contributed by atoms with Crippen LogP contribution in [-0.4, -0.2) is 24.8 Å². The third-order valence-corrected chi connectivity index (χ3v) is 6.17. The summed E-state index contributed by atoms with van der Waals surface area (Å²) in [4.78, 5) is 31.1. The van der Waals surface area contributed by atoms with E-state index in [2.05, 4.69) is 4.99 Å². The second-order valence-electron chi connectivity index (χ2n) is 6.91. The molecule has 9 heteroatoms. The van der Waals surface area contributed by atoms with Crippen molar-refractivity contribution in [2.75, 3.05) is 14.2 Å². The van der Waals surface area contributed by atoms with Gasteiger partial charge in [0.2, 0.25) is 0 Å². The molecule has 4 rings (SSSR count). The van der Waals surface area contributed by atoms with Crippen LogP contribution >= 0.6 is 22.9 Å². The van der Waals surface area contributed by atoms with Crippen LogP contribution in [0.2, 0.25) is 5.02 Å². The summed E-state index contributed by atoms with van der Waals surface area (Å²) < 4.78 is 18.0. The summed E-state index contributed by atoms with van der Waals surface area (Å²) in [6.45, 7) is 3.54. The van der Waals surface area contributed by atoms with E-state index in [9.17, 15) is 9.59 Å². The van der Waals surface area contributed by atoms with Crippen molar-refractivity contribution in [3.63, 3.8) is 0 Å². The van der Waals surface area contributed by atoms with E-state index in [1.165, 1.54) is 30.1 Å². The normalized spacial score (nSPS) is 16.2. The molecule has 31 heavy (non-hydrogen) atoms. The number of carbonyl (C=O) groups is 1. The predicted molar refractivity (Wildman–Crippen MR) is 117 cm³/mol. The van der Waals surface area contributed by atoms with Gasteiger partial charge >= 0.3 is 5.97 Å². The Morgan fingerprint density at radius 1 is 1.26 bits per heavy atom. The minimum Gasteiger partial charge on any atom is -0.496 e. The van der Waals surface area contributed by atoms with Crippen molar-refractivity contribution in [1.82, 2.24) is 4.57 Å². The van der Waals surface area contributed by atoms with Crippen molar-refractivity contribution >= 4 is 35.0 Å². The fourth-order valence-corrected chi connectivity index (χ4v) is 4.77. The number of hydrogen-bond donors (Lipinski definition) is 0. The predicted octanol–water partition coefficient (Wildman–Crippen LogP) is 2.97. The lowest BCUT2D eigenvalue weighted by molar-refractivity contribution is -0.136. The zero-order valence-corrected chi connectivity index (χ0v) is 18.8. The number of fused-ring (bicyclic) bond motifs is 1. The monoisotopic (exact) mass is 458 g/mol. The molecule has 1 aliphatic rings. The molecule has 1 aliphatic heterocycles. The first kappa shape index (κ1) is 21.1. The van der Waals surface area contributed by atoms with Crippen molar-refractivity contribution < 1.29 is 18.7 Å². The molecule has 160 valence electrons. The molecule has 0 saturated carbocycles. The van der Waals surface area contributed by atoms with Crippen LogP contribution in [-0.2, 0) is 9.53 Å². The Morgan fingerprint density at radius 2 is 2.03 bits per heavy atom. The molecular formula is C22H19ClN2O5S. The second kappa shape index (κ2) is 8.20. The van der Waals surface area contributed by atoms with Crippen molar-refractivity contribution in [2.45, 2.75) is 19.9 Å². The Balaban J connectivity index is 2.04. The molecule has 0 saturated heterocycles. The van der Waals surface area contributed by atoms with Crippen LogP contribution in [0.5, 0.6) is 5.75 Å². The molecule has 0 spiro atoms. The first-order valence-electron chi connectivity index (χ1n) is 9.34. The highest BCUT2D eigenvalue weighted by Crippen LogP contribution is 2.37. The number of ether oxygens (including phenoxy) is 2. The lowest BCUT2D eigenvalue weighted by Gasteiger charge is -2.25. The van der Waals surface area contributed by atoms with Crippen LogP contribution in [0.25, 0.3) is 6.08 Å². The van der Waals surface area contributed by atoms with E-state index in [0.717, 1.165) is 5.76 Å². The Kier molecular flexibility index (Phi) is 5.60. The van der Waals surface area contributed by atoms with Gasteiger partial charge in [-0.05, 0) is 44.2 Å². The van der Waals surface area contributed by atoms with Crippen LogP contribution in [0.15, 0.2) is 55.8 Å². The molecule has 0 bridgehead atoms. The number of aromatic nitrogens is 1. The fraction of sp³-hybridized carbons (Fsp3) is 0.227. The maximum atomic E-state index is 13.4. The SMILES string of the molecule is COC(=O)C1=C(C)N=c2s/c(=C\c3ccc(C)o3)c(=O)n2[C@H]1c1cc(Cl)ccc1OC. The molecule has 0 fully saturated rings. The summed E-state index contributed by atoms with van der Waals surface area (Å²) >= 11 is 7.47. The average Bonchev–Trinajstić information content (AvgIpc) is 3.29. The third-order valence-electron chi connectivity index (χ3n) is 4.95. The Labute approximate surface area is 186 Å². The van der Waals surface area contributed by atoms with Crippen molar-refractivity contribution in [3.05, 3.63) is 83.4 Å². The molecule has 1 aromatic carbocycles. The number of allylic oxidation sites excluding steroid dienone is 1. The standard InChI is InChI=1S/C22H19ClN2O5S/c1-11-5-7-14(30-11)10-17-20(26)25-19(15-9-13(23)6-8-16(15)28-3)18(21(27)29-4)12(2)24-22(25)31-17/h5-10,19H,1-4H3/b17-10-/t19-/m0/s1. The number of furan rings is 1. The summed E-state index contributed by atoms with van der Waals surface area (Å²) in [6.07, 6.45) is 1.67. The van der Waals surface area contributed by atoms with E-state index in [1.54, 1.807) is 37.3 Å². The van der Waals surface area contributed by atoms with Crippen molar-refractivity contribution in [2.24, 2.45) is 4.99 Å². The number of methoxy groups -OCH3 is 2. The molecule has 3 heterocycles. The van der Waals surface area contributed by atoms with E-state index in [0.29, 0.717) is 37.1 Å². The van der Waals surface area contributed by atoms with Crippen LogP contribution in [0.3, 0.4) is 0 Å². The third kappa shape index (κ3) is 3.73. The van der Waals surface area contributed by atoms with Gasteiger partial charge in [0.15, 0.2) is 4.80 Å². The zero-order valence-electron chi connectivity index (χ0n) is 17.3. The fourth-order valence-electron chi connectivity index (χ4n) is 3.57. The van der Waals surface area contributed by atoms with Gasteiger partial charge in [0.25, 0.3) is 5.56 Å². The number of esters is 1. The van der Waals surface area contributed by atoms with Gasteiger partial charge in [-0.15, -0.1) is 0 Å². The number of aryl methyl sites for hydroxylation is 1. The molecule has 7 nitrogen and oxygen atoms in total. The quantitative estimate of drug-likeness (QED) is 0.561. The van der Waals surface area contributed by atoms with Gasteiger partial charge in [-0.25, -0.2) is 9.79 Å². The number of hydrogen-bond acceptors (Lipinski definition) is 7. The van der Waals surface area contributed by atoms with Gasteiger partial charge < -0.3 is 13.9 Å². The molecule has 3 aromatic rings. The minimum absolute atomic E-state index is 0.246. The Morgan fingerprint density at radius 3 is 2.68 bits per heavy atom. The Bertz CT molecular complexity index is 1400. The molecular weight excluding hydrogens is 440 g/mol. The second-order valence-corrected chi connectivity index (χ2v) is 8.35. The summed E-state index contributed by atoms with van der Waals surface area (Å²) in [5.41, 5.74) is 0.960. The van der Waals surface area contributed by atoms with Crippen molar-refractivity contribution in [3.8, 4) is 5.75 Å². The minimum atomic E-state index is -0.808. The van der Waals surface area contributed by atoms with E-state index >= 15 is 0 Å². The number of halogens is 1. The molecule has 1 atom stereocenters. The summed E-state index contributed by atoms with van der Waals surface area (Å²) in [5, 5.41) is 0.447. The number of rotatable bonds is 4. The number of benzene rings is 1. The highest BCUT2D eigenvalue weighted by molar-refractivity contribution is 7.07.